The first kappa shape index (κ1) is 18.1. The molecule has 3 nitrogen and oxygen atoms in total. The fourth-order valence-corrected chi connectivity index (χ4v) is 2.72. The van der Waals surface area contributed by atoms with Crippen molar-refractivity contribution in [3.63, 3.8) is 0 Å². The molecule has 0 heterocycles. The number of nitrogens with one attached hydrogen (secondary N) is 1. The number of ether oxygens (including phenoxy) is 1. The van der Waals surface area contributed by atoms with Crippen LogP contribution in [0.2, 0.25) is 5.02 Å². The summed E-state index contributed by atoms with van der Waals surface area (Å²) in [5.41, 5.74) is -0.830. The smallest absolute Gasteiger partial charge is 0.416 e. The molecule has 0 aliphatic rings. The zero-order valence-electron chi connectivity index (χ0n) is 13.5. The van der Waals surface area contributed by atoms with E-state index in [9.17, 15) is 18.0 Å². The minimum absolute atomic E-state index is 0.00565. The number of fused-ring (bicyclic) bond motifs is 1. The second-order valence-electron chi connectivity index (χ2n) is 5.55. The summed E-state index contributed by atoms with van der Waals surface area (Å²) in [5, 5.41) is 4.11. The fraction of sp³-hybridized carbons (Fsp3) is 0.105. The average Bonchev–Trinajstić information content (AvgIpc) is 2.61. The van der Waals surface area contributed by atoms with Crippen LogP contribution in [0.3, 0.4) is 0 Å². The van der Waals surface area contributed by atoms with E-state index in [0.29, 0.717) is 5.75 Å². The van der Waals surface area contributed by atoms with Gasteiger partial charge in [0.1, 0.15) is 5.75 Å². The van der Waals surface area contributed by atoms with Gasteiger partial charge in [0.2, 0.25) is 0 Å². The van der Waals surface area contributed by atoms with Crippen molar-refractivity contribution in [2.75, 3.05) is 12.4 Å². The fourth-order valence-electron chi connectivity index (χ4n) is 2.55. The van der Waals surface area contributed by atoms with Crippen molar-refractivity contribution in [1.29, 1.82) is 0 Å². The lowest BCUT2D eigenvalue weighted by Gasteiger charge is -2.14. The van der Waals surface area contributed by atoms with Crippen LogP contribution in [-0.2, 0) is 6.18 Å². The Kier molecular flexibility index (Phi) is 4.78. The van der Waals surface area contributed by atoms with Gasteiger partial charge < -0.3 is 10.1 Å². The van der Waals surface area contributed by atoms with Crippen molar-refractivity contribution >= 4 is 34.0 Å². The second-order valence-corrected chi connectivity index (χ2v) is 5.95. The van der Waals surface area contributed by atoms with Gasteiger partial charge in [-0.2, -0.15) is 13.2 Å². The normalized spacial score (nSPS) is 11.4. The largest absolute Gasteiger partial charge is 0.496 e. The third kappa shape index (κ3) is 3.60. The van der Waals surface area contributed by atoms with Crippen LogP contribution in [0.4, 0.5) is 18.9 Å². The van der Waals surface area contributed by atoms with E-state index in [2.05, 4.69) is 5.32 Å². The van der Waals surface area contributed by atoms with Gasteiger partial charge in [0.25, 0.3) is 5.91 Å². The number of benzene rings is 3. The van der Waals surface area contributed by atoms with E-state index < -0.39 is 17.6 Å². The van der Waals surface area contributed by atoms with Gasteiger partial charge in [0, 0.05) is 0 Å². The average molecular weight is 380 g/mol. The predicted molar refractivity (Wildman–Crippen MR) is 94.9 cm³/mol. The van der Waals surface area contributed by atoms with Gasteiger partial charge in [-0.25, -0.2) is 0 Å². The molecule has 0 unspecified atom stereocenters. The van der Waals surface area contributed by atoms with Crippen molar-refractivity contribution < 1.29 is 22.7 Å². The van der Waals surface area contributed by atoms with Crippen LogP contribution < -0.4 is 10.1 Å². The maximum Gasteiger partial charge on any atom is 0.416 e. The number of hydrogen-bond donors (Lipinski definition) is 1. The molecule has 0 spiro atoms. The molecule has 0 saturated heterocycles. The molecular weight excluding hydrogens is 367 g/mol. The van der Waals surface area contributed by atoms with Crippen molar-refractivity contribution in [1.82, 2.24) is 0 Å². The van der Waals surface area contributed by atoms with Gasteiger partial charge in [0.05, 0.1) is 28.9 Å². The summed E-state index contributed by atoms with van der Waals surface area (Å²) in [6.45, 7) is 0. The Bertz CT molecular complexity index is 986. The number of amides is 1. The summed E-state index contributed by atoms with van der Waals surface area (Å²) < 4.78 is 43.9. The van der Waals surface area contributed by atoms with Crippen LogP contribution in [0.25, 0.3) is 10.8 Å². The number of carbonyl (C=O) groups excluding carboxylic acids is 1. The molecule has 1 N–H and O–H groups in total. The highest BCUT2D eigenvalue weighted by Crippen LogP contribution is 2.34. The monoisotopic (exact) mass is 379 g/mol. The van der Waals surface area contributed by atoms with E-state index >= 15 is 0 Å². The Morgan fingerprint density at radius 2 is 1.69 bits per heavy atom. The Labute approximate surface area is 152 Å². The Morgan fingerprint density at radius 3 is 2.31 bits per heavy atom. The van der Waals surface area contributed by atoms with Crippen LogP contribution in [0.5, 0.6) is 5.75 Å². The lowest BCUT2D eigenvalue weighted by Crippen LogP contribution is -2.14. The summed E-state index contributed by atoms with van der Waals surface area (Å²) in [5.74, 6) is -0.307. The maximum absolute atomic E-state index is 12.9. The minimum atomic E-state index is -4.54. The quantitative estimate of drug-likeness (QED) is 0.627. The van der Waals surface area contributed by atoms with Crippen molar-refractivity contribution in [2.45, 2.75) is 6.18 Å². The number of methoxy groups -OCH3 is 1. The molecule has 3 aromatic rings. The summed E-state index contributed by atoms with van der Waals surface area (Å²) in [7, 11) is 1.41. The molecule has 0 fully saturated rings. The highest BCUT2D eigenvalue weighted by molar-refractivity contribution is 6.34. The standard InChI is InChI=1S/C19H13ClF3NO2/c1-26-17-9-12-5-3-2-4-11(12)8-14(17)18(25)24-16-10-13(19(21,22)23)6-7-15(16)20/h2-10H,1H3,(H,24,25). The zero-order valence-corrected chi connectivity index (χ0v) is 14.3. The molecule has 134 valence electrons. The topological polar surface area (TPSA) is 38.3 Å². The summed E-state index contributed by atoms with van der Waals surface area (Å²) in [4.78, 5) is 12.6. The van der Waals surface area contributed by atoms with Gasteiger partial charge in [-0.15, -0.1) is 0 Å². The van der Waals surface area contributed by atoms with Crippen LogP contribution in [-0.4, -0.2) is 13.0 Å². The highest BCUT2D eigenvalue weighted by atomic mass is 35.5. The number of halogens is 4. The molecule has 0 radical (unpaired) electrons. The van der Waals surface area contributed by atoms with Crippen LogP contribution in [0.15, 0.2) is 54.6 Å². The van der Waals surface area contributed by atoms with E-state index in [1.54, 1.807) is 12.1 Å². The van der Waals surface area contributed by atoms with Gasteiger partial charge in [-0.05, 0) is 41.1 Å². The Hall–Kier alpha value is -2.73. The maximum atomic E-state index is 12.9. The number of hydrogen-bond acceptors (Lipinski definition) is 2. The molecule has 0 atom stereocenters. The SMILES string of the molecule is COc1cc2ccccc2cc1C(=O)Nc1cc(C(F)(F)F)ccc1Cl. The molecule has 26 heavy (non-hydrogen) atoms. The van der Waals surface area contributed by atoms with E-state index in [1.807, 2.05) is 24.3 Å². The van der Waals surface area contributed by atoms with E-state index in [4.69, 9.17) is 16.3 Å². The first-order chi connectivity index (χ1) is 12.3. The first-order valence-corrected chi connectivity index (χ1v) is 7.92. The van der Waals surface area contributed by atoms with Crippen molar-refractivity contribution in [3.05, 3.63) is 70.7 Å². The highest BCUT2D eigenvalue weighted by Gasteiger charge is 2.31. The molecular formula is C19H13ClF3NO2. The first-order valence-electron chi connectivity index (χ1n) is 7.54. The number of rotatable bonds is 3. The lowest BCUT2D eigenvalue weighted by molar-refractivity contribution is -0.137. The molecule has 0 aliphatic heterocycles. The van der Waals surface area contributed by atoms with E-state index in [0.717, 1.165) is 29.0 Å². The molecule has 0 aliphatic carbocycles. The van der Waals surface area contributed by atoms with Crippen molar-refractivity contribution in [2.24, 2.45) is 0 Å². The predicted octanol–water partition coefficient (Wildman–Crippen LogP) is 5.77. The van der Waals surface area contributed by atoms with E-state index in [-0.39, 0.29) is 16.3 Å². The Balaban J connectivity index is 1.99. The summed E-state index contributed by atoms with van der Waals surface area (Å²) in [6.07, 6.45) is -4.54. The number of alkyl halides is 3. The Morgan fingerprint density at radius 1 is 1.04 bits per heavy atom. The van der Waals surface area contributed by atoms with Crippen LogP contribution in [0.1, 0.15) is 15.9 Å². The summed E-state index contributed by atoms with van der Waals surface area (Å²) in [6, 6.07) is 13.4. The molecule has 1 amide bonds. The lowest BCUT2D eigenvalue weighted by atomic mass is 10.0. The minimum Gasteiger partial charge on any atom is -0.496 e. The second kappa shape index (κ2) is 6.88. The number of anilines is 1. The number of carbonyl (C=O) groups is 1. The third-order valence-corrected chi connectivity index (χ3v) is 4.18. The van der Waals surface area contributed by atoms with Gasteiger partial charge in [-0.3, -0.25) is 4.79 Å². The summed E-state index contributed by atoms with van der Waals surface area (Å²) >= 11 is 5.93. The molecule has 7 heteroatoms. The molecule has 0 aromatic heterocycles. The molecule has 0 bridgehead atoms. The zero-order chi connectivity index (χ0) is 18.9. The molecule has 0 saturated carbocycles. The third-order valence-electron chi connectivity index (χ3n) is 3.85. The molecule has 3 rings (SSSR count). The van der Waals surface area contributed by atoms with E-state index in [1.165, 1.54) is 7.11 Å². The molecule has 3 aromatic carbocycles. The van der Waals surface area contributed by atoms with Crippen molar-refractivity contribution in [3.8, 4) is 5.75 Å². The van der Waals surface area contributed by atoms with Crippen LogP contribution >= 0.6 is 11.6 Å². The van der Waals surface area contributed by atoms with Gasteiger partial charge >= 0.3 is 6.18 Å². The van der Waals surface area contributed by atoms with Gasteiger partial charge in [0.15, 0.2) is 0 Å². The van der Waals surface area contributed by atoms with Gasteiger partial charge in [-0.1, -0.05) is 35.9 Å². The van der Waals surface area contributed by atoms with Crippen LogP contribution in [0, 0.1) is 0 Å².